The van der Waals surface area contributed by atoms with Crippen LogP contribution in [0.15, 0.2) is 18.3 Å². The summed E-state index contributed by atoms with van der Waals surface area (Å²) in [6.07, 6.45) is 3.88. The zero-order valence-corrected chi connectivity index (χ0v) is 10.5. The molecule has 0 aliphatic heterocycles. The second-order valence-corrected chi connectivity index (χ2v) is 5.16. The van der Waals surface area contributed by atoms with Gasteiger partial charge >= 0.3 is 5.97 Å². The third kappa shape index (κ3) is 2.25. The molecule has 0 amide bonds. The number of nitrogens with zero attached hydrogens (tertiary/aromatic N) is 2. The van der Waals surface area contributed by atoms with Gasteiger partial charge in [0.2, 0.25) is 0 Å². The number of rotatable bonds is 4. The molecule has 0 bridgehead atoms. The highest BCUT2D eigenvalue weighted by molar-refractivity contribution is 5.82. The zero-order chi connectivity index (χ0) is 12.6. The van der Waals surface area contributed by atoms with E-state index < -0.39 is 11.5 Å². The normalized spacial score (nSPS) is 15.7. The maximum atomic E-state index is 11.4. The molecule has 1 saturated carbocycles. The molecule has 0 atom stereocenters. The van der Waals surface area contributed by atoms with Gasteiger partial charge in [-0.25, -0.2) is 9.78 Å². The Hall–Kier alpha value is -1.58. The Morgan fingerprint density at radius 3 is 2.53 bits per heavy atom. The maximum absolute atomic E-state index is 11.4. The predicted molar refractivity (Wildman–Crippen MR) is 66.2 cm³/mol. The lowest BCUT2D eigenvalue weighted by molar-refractivity contribution is -0.142. The van der Waals surface area contributed by atoms with E-state index >= 15 is 0 Å². The fraction of sp³-hybridized carbons (Fsp3) is 0.538. The zero-order valence-electron chi connectivity index (χ0n) is 10.5. The van der Waals surface area contributed by atoms with E-state index in [1.165, 1.54) is 0 Å². The molecular weight excluding hydrogens is 216 g/mol. The van der Waals surface area contributed by atoms with Gasteiger partial charge in [0.25, 0.3) is 0 Å². The van der Waals surface area contributed by atoms with Gasteiger partial charge in [0.15, 0.2) is 0 Å². The molecule has 4 nitrogen and oxygen atoms in total. The number of pyridine rings is 1. The van der Waals surface area contributed by atoms with Crippen LogP contribution in [0.5, 0.6) is 0 Å². The van der Waals surface area contributed by atoms with Crippen LogP contribution in [0, 0.1) is 6.92 Å². The summed E-state index contributed by atoms with van der Waals surface area (Å²) < 4.78 is 0. The molecule has 1 fully saturated rings. The van der Waals surface area contributed by atoms with Crippen LogP contribution >= 0.6 is 0 Å². The van der Waals surface area contributed by atoms with Crippen LogP contribution in [0.1, 0.15) is 32.3 Å². The topological polar surface area (TPSA) is 53.4 Å². The molecule has 17 heavy (non-hydrogen) atoms. The molecule has 4 heteroatoms. The first-order valence-corrected chi connectivity index (χ1v) is 5.88. The first-order chi connectivity index (χ1) is 7.93. The summed E-state index contributed by atoms with van der Waals surface area (Å²) >= 11 is 0. The van der Waals surface area contributed by atoms with E-state index in [4.69, 9.17) is 0 Å². The molecule has 2 rings (SSSR count). The minimum Gasteiger partial charge on any atom is -0.480 e. The number of aryl methyl sites for hydroxylation is 1. The van der Waals surface area contributed by atoms with Crippen molar-refractivity contribution >= 4 is 11.8 Å². The molecule has 1 aromatic rings. The van der Waals surface area contributed by atoms with Crippen LogP contribution in [0.3, 0.4) is 0 Å². The van der Waals surface area contributed by atoms with Crippen molar-refractivity contribution in [3.63, 3.8) is 0 Å². The van der Waals surface area contributed by atoms with Gasteiger partial charge in [-0.3, -0.25) is 0 Å². The highest BCUT2D eigenvalue weighted by Crippen LogP contribution is 2.36. The van der Waals surface area contributed by atoms with E-state index in [0.29, 0.717) is 6.04 Å². The number of carbonyl (C=O) groups is 1. The minimum atomic E-state index is -0.913. The van der Waals surface area contributed by atoms with Crippen LogP contribution < -0.4 is 4.90 Å². The lowest BCUT2D eigenvalue weighted by Gasteiger charge is -2.36. The summed E-state index contributed by atoms with van der Waals surface area (Å²) in [6, 6.07) is 4.19. The Morgan fingerprint density at radius 1 is 1.47 bits per heavy atom. The van der Waals surface area contributed by atoms with E-state index in [9.17, 15) is 9.90 Å². The predicted octanol–water partition coefficient (Wildman–Crippen LogP) is 2.22. The molecule has 0 radical (unpaired) electrons. The molecule has 1 aliphatic rings. The second kappa shape index (κ2) is 4.02. The summed E-state index contributed by atoms with van der Waals surface area (Å²) in [5, 5.41) is 9.33. The van der Waals surface area contributed by atoms with Crippen LogP contribution in [-0.2, 0) is 4.79 Å². The van der Waals surface area contributed by atoms with Gasteiger partial charge in [-0.15, -0.1) is 0 Å². The number of hydrogen-bond donors (Lipinski definition) is 1. The van der Waals surface area contributed by atoms with Crippen LogP contribution in [-0.4, -0.2) is 27.6 Å². The van der Waals surface area contributed by atoms with Crippen molar-refractivity contribution in [2.75, 3.05) is 4.90 Å². The van der Waals surface area contributed by atoms with Crippen molar-refractivity contribution in [1.29, 1.82) is 0 Å². The van der Waals surface area contributed by atoms with E-state index in [-0.39, 0.29) is 0 Å². The Morgan fingerprint density at radius 2 is 2.12 bits per heavy atom. The first-order valence-electron chi connectivity index (χ1n) is 5.88. The molecule has 1 aromatic heterocycles. The molecule has 1 heterocycles. The van der Waals surface area contributed by atoms with Gasteiger partial charge < -0.3 is 10.0 Å². The molecule has 0 unspecified atom stereocenters. The number of carboxylic acids is 1. The second-order valence-electron chi connectivity index (χ2n) is 5.16. The van der Waals surface area contributed by atoms with Crippen molar-refractivity contribution < 1.29 is 9.90 Å². The molecular formula is C13H18N2O2. The Balaban J connectivity index is 2.35. The third-order valence-corrected chi connectivity index (χ3v) is 3.18. The molecule has 0 aromatic carbocycles. The van der Waals surface area contributed by atoms with Crippen LogP contribution in [0.4, 0.5) is 5.82 Å². The van der Waals surface area contributed by atoms with E-state index in [2.05, 4.69) is 4.98 Å². The Labute approximate surface area is 101 Å². The largest absolute Gasteiger partial charge is 0.480 e. The summed E-state index contributed by atoms with van der Waals surface area (Å²) in [6.45, 7) is 5.44. The van der Waals surface area contributed by atoms with E-state index in [0.717, 1.165) is 24.2 Å². The lowest BCUT2D eigenvalue weighted by atomic mass is 10.0. The highest BCUT2D eigenvalue weighted by atomic mass is 16.4. The van der Waals surface area contributed by atoms with Crippen molar-refractivity contribution in [2.45, 2.75) is 45.2 Å². The fourth-order valence-electron chi connectivity index (χ4n) is 1.97. The van der Waals surface area contributed by atoms with Crippen molar-refractivity contribution in [3.8, 4) is 0 Å². The average Bonchev–Trinajstić information content (AvgIpc) is 3.05. The van der Waals surface area contributed by atoms with Gasteiger partial charge in [-0.05, 0) is 45.2 Å². The standard InChI is InChI=1S/C13H18N2O2/c1-9-4-7-11(14-8-9)15(10-5-6-10)13(2,3)12(16)17/h4,7-8,10H,5-6H2,1-3H3,(H,16,17). The summed E-state index contributed by atoms with van der Waals surface area (Å²) in [5.41, 5.74) is 0.168. The molecule has 0 saturated heterocycles. The summed E-state index contributed by atoms with van der Waals surface area (Å²) in [7, 11) is 0. The maximum Gasteiger partial charge on any atom is 0.329 e. The first kappa shape index (κ1) is 11.9. The molecule has 0 spiro atoms. The lowest BCUT2D eigenvalue weighted by Crippen LogP contribution is -2.52. The Kier molecular flexibility index (Phi) is 2.81. The monoisotopic (exact) mass is 234 g/mol. The number of anilines is 1. The highest BCUT2D eigenvalue weighted by Gasteiger charge is 2.43. The fourth-order valence-corrected chi connectivity index (χ4v) is 1.97. The van der Waals surface area contributed by atoms with E-state index in [1.54, 1.807) is 20.0 Å². The summed E-state index contributed by atoms with van der Waals surface area (Å²) in [5.74, 6) is -0.0581. The number of carboxylic acid groups (broad SMARTS) is 1. The van der Waals surface area contributed by atoms with Crippen LogP contribution in [0.2, 0.25) is 0 Å². The smallest absolute Gasteiger partial charge is 0.329 e. The van der Waals surface area contributed by atoms with Gasteiger partial charge in [0.1, 0.15) is 11.4 Å². The average molecular weight is 234 g/mol. The number of aromatic nitrogens is 1. The van der Waals surface area contributed by atoms with Gasteiger partial charge in [0, 0.05) is 12.2 Å². The van der Waals surface area contributed by atoms with Gasteiger partial charge in [-0.2, -0.15) is 0 Å². The van der Waals surface area contributed by atoms with E-state index in [1.807, 2.05) is 24.0 Å². The molecule has 1 N–H and O–H groups in total. The molecule has 92 valence electrons. The SMILES string of the molecule is Cc1ccc(N(C2CC2)C(C)(C)C(=O)O)nc1. The van der Waals surface area contributed by atoms with Gasteiger partial charge in [0.05, 0.1) is 0 Å². The van der Waals surface area contributed by atoms with Crippen LogP contribution in [0.25, 0.3) is 0 Å². The quantitative estimate of drug-likeness (QED) is 0.868. The number of aliphatic carboxylic acids is 1. The summed E-state index contributed by atoms with van der Waals surface area (Å²) in [4.78, 5) is 17.6. The molecule has 1 aliphatic carbocycles. The van der Waals surface area contributed by atoms with Crippen molar-refractivity contribution in [3.05, 3.63) is 23.9 Å². The number of hydrogen-bond acceptors (Lipinski definition) is 3. The Bertz CT molecular complexity index is 422. The third-order valence-electron chi connectivity index (χ3n) is 3.18. The minimum absolute atomic E-state index is 0.316. The van der Waals surface area contributed by atoms with Gasteiger partial charge in [-0.1, -0.05) is 6.07 Å². The van der Waals surface area contributed by atoms with Crippen molar-refractivity contribution in [1.82, 2.24) is 4.98 Å². The van der Waals surface area contributed by atoms with Crippen molar-refractivity contribution in [2.24, 2.45) is 0 Å².